The third-order valence-corrected chi connectivity index (χ3v) is 20.4. The van der Waals surface area contributed by atoms with Gasteiger partial charge in [0.1, 0.15) is 24.7 Å². The molecule has 4 heterocycles. The Morgan fingerprint density at radius 1 is 0.289 bits per heavy atom. The summed E-state index contributed by atoms with van der Waals surface area (Å²) in [7, 11) is 7.94. The van der Waals surface area contributed by atoms with Crippen LogP contribution in [0.5, 0.6) is 0 Å². The maximum Gasteiger partial charge on any atom is 0.206 e. The zero-order valence-corrected chi connectivity index (χ0v) is 59.6. The van der Waals surface area contributed by atoms with E-state index in [9.17, 15) is 21.0 Å². The van der Waals surface area contributed by atoms with Crippen molar-refractivity contribution >= 4 is 91.0 Å². The molecule has 0 saturated heterocycles. The van der Waals surface area contributed by atoms with Crippen LogP contribution in [0.2, 0.25) is 0 Å². The van der Waals surface area contributed by atoms with Crippen LogP contribution in [0.25, 0.3) is 19.4 Å². The van der Waals surface area contributed by atoms with Crippen LogP contribution in [0, 0.1) is 162 Å². The predicted octanol–water partition coefficient (Wildman–Crippen LogP) is 20.2. The summed E-state index contributed by atoms with van der Waals surface area (Å²) in [6.45, 7) is 65.5. The molecule has 4 aliphatic heterocycles. The molecular weight excluding hydrogens is 1200 g/mol. The molecule has 0 N–H and O–H groups in total. The molecule has 12 rings (SSSR count). The summed E-state index contributed by atoms with van der Waals surface area (Å²) in [4.78, 5) is 31.5. The molecule has 0 fully saturated rings. The Balaban J connectivity index is 0.000000152. The fraction of sp³-hybridized carbons (Fsp3) is 0.309. The van der Waals surface area contributed by atoms with E-state index in [0.717, 1.165) is 56.9 Å². The number of fused-ring (bicyclic) bond motifs is 4. The van der Waals surface area contributed by atoms with Crippen molar-refractivity contribution in [2.45, 2.75) is 142 Å². The van der Waals surface area contributed by atoms with Crippen molar-refractivity contribution in [1.29, 1.82) is 21.0 Å². The lowest BCUT2D eigenvalue weighted by Crippen LogP contribution is -2.36. The molecule has 16 nitrogen and oxygen atoms in total. The molecule has 0 amide bonds. The zero-order chi connectivity index (χ0) is 71.2. The van der Waals surface area contributed by atoms with Crippen LogP contribution in [-0.2, 0) is 0 Å². The summed E-state index contributed by atoms with van der Waals surface area (Å²) >= 11 is 0. The first-order valence-electron chi connectivity index (χ1n) is 32.2. The first-order valence-corrected chi connectivity index (χ1v) is 32.2. The van der Waals surface area contributed by atoms with Gasteiger partial charge in [0.2, 0.25) is 22.7 Å². The van der Waals surface area contributed by atoms with Crippen molar-refractivity contribution in [1.82, 2.24) is 0 Å². The highest BCUT2D eigenvalue weighted by Gasteiger charge is 2.40. The monoisotopic (exact) mass is 1280 g/mol. The molecule has 8 aromatic rings. The number of nitriles is 4. The number of nitrogens with zero attached hydrogens (tertiary/aromatic N) is 16. The van der Waals surface area contributed by atoms with E-state index in [1.54, 1.807) is 24.3 Å². The lowest BCUT2D eigenvalue weighted by Gasteiger charge is -2.31. The Hall–Kier alpha value is -11.9. The SMILES string of the molecule is [C-]#[N+]c1ccc2c(c1C#N)N(C)[C@H](C)N2c1c(C)cc(C)cc1C.[C-]#[N+]c1ccc2c(c1C#N)N(C)[C@H](C)N2c1c(C)ccc(C)c1C.[C-]#[N+]c1ccc2c(c1C#N)N(C)[C@H](C)N2c1cc(C)c(C)c(C)c1C.[C-]#[N+]c1ccc2c(c1C#N)N(C)[C@H](C)N2c1cc(C)cc(C)c1C. The average molecular weight is 1280 g/mol. The minimum absolute atomic E-state index is 0.0725. The third kappa shape index (κ3) is 11.6. The Morgan fingerprint density at radius 2 is 0.588 bits per heavy atom. The molecule has 4 aliphatic rings. The van der Waals surface area contributed by atoms with Gasteiger partial charge >= 0.3 is 0 Å². The molecule has 0 aromatic heterocycles. The van der Waals surface area contributed by atoms with Crippen molar-refractivity contribution in [3.05, 3.63) is 231 Å². The Kier molecular flexibility index (Phi) is 19.5. The van der Waals surface area contributed by atoms with E-state index in [4.69, 9.17) is 26.3 Å². The number of rotatable bonds is 4. The van der Waals surface area contributed by atoms with E-state index >= 15 is 0 Å². The highest BCUT2D eigenvalue weighted by atomic mass is 15.4. The van der Waals surface area contributed by atoms with E-state index in [2.05, 4.69) is 243 Å². The summed E-state index contributed by atoms with van der Waals surface area (Å²) in [6.07, 6.45) is 0.303. The minimum atomic E-state index is 0.0725. The van der Waals surface area contributed by atoms with E-state index in [-0.39, 0.29) is 24.7 Å². The van der Waals surface area contributed by atoms with Gasteiger partial charge in [-0.2, -0.15) is 21.0 Å². The molecule has 97 heavy (non-hydrogen) atoms. The molecule has 8 aromatic carbocycles. The van der Waals surface area contributed by atoms with Gasteiger partial charge in [0.25, 0.3) is 0 Å². The van der Waals surface area contributed by atoms with Crippen LogP contribution in [0.15, 0.2) is 91.0 Å². The van der Waals surface area contributed by atoms with Gasteiger partial charge in [-0.1, -0.05) is 60.2 Å². The first-order chi connectivity index (χ1) is 46.0. The molecule has 4 atom stereocenters. The molecule has 0 saturated carbocycles. The molecule has 16 heteroatoms. The lowest BCUT2D eigenvalue weighted by molar-refractivity contribution is 0.730. The summed E-state index contributed by atoms with van der Waals surface area (Å²) in [5, 5.41) is 38.4. The Labute approximate surface area is 574 Å². The highest BCUT2D eigenvalue weighted by molar-refractivity contribution is 5.96. The molecule has 486 valence electrons. The van der Waals surface area contributed by atoms with Crippen LogP contribution in [-0.4, -0.2) is 52.9 Å². The number of hydrogen-bond donors (Lipinski definition) is 0. The van der Waals surface area contributed by atoms with Crippen LogP contribution in [0.1, 0.15) is 122 Å². The molecular formula is C81H82N16. The number of benzene rings is 8. The van der Waals surface area contributed by atoms with Crippen molar-refractivity contribution in [2.75, 3.05) is 67.4 Å². The summed E-state index contributed by atoms with van der Waals surface area (Å²) in [5.74, 6) is 0. The number of aryl methyl sites for hydroxylation is 8. The highest BCUT2D eigenvalue weighted by Crippen LogP contribution is 2.54. The fourth-order valence-electron chi connectivity index (χ4n) is 14.4. The molecule has 0 radical (unpaired) electrons. The summed E-state index contributed by atoms with van der Waals surface area (Å²) in [5.41, 5.74) is 31.7. The van der Waals surface area contributed by atoms with Crippen LogP contribution in [0.4, 0.5) is 91.0 Å². The van der Waals surface area contributed by atoms with Crippen LogP contribution in [0.3, 0.4) is 0 Å². The second-order valence-corrected chi connectivity index (χ2v) is 25.9. The van der Waals surface area contributed by atoms with Gasteiger partial charge in [-0.05, 0) is 221 Å². The molecule has 0 aliphatic carbocycles. The maximum atomic E-state index is 9.62. The second-order valence-electron chi connectivity index (χ2n) is 25.9. The maximum absolute atomic E-state index is 9.62. The second kappa shape index (κ2) is 27.2. The lowest BCUT2D eigenvalue weighted by atomic mass is 9.97. The predicted molar refractivity (Wildman–Crippen MR) is 397 cm³/mol. The minimum Gasteiger partial charge on any atom is -0.352 e. The number of hydrogen-bond acceptors (Lipinski definition) is 12. The topological polar surface area (TPSA) is 139 Å². The van der Waals surface area contributed by atoms with Crippen molar-refractivity contribution < 1.29 is 0 Å². The van der Waals surface area contributed by atoms with Gasteiger partial charge < -0.3 is 39.2 Å². The fourth-order valence-corrected chi connectivity index (χ4v) is 14.4. The Bertz CT molecular complexity index is 4920. The van der Waals surface area contributed by atoms with Gasteiger partial charge in [0.05, 0.1) is 118 Å². The largest absolute Gasteiger partial charge is 0.352 e. The van der Waals surface area contributed by atoms with Gasteiger partial charge in [-0.15, -0.1) is 0 Å². The molecule has 0 spiro atoms. The third-order valence-electron chi connectivity index (χ3n) is 20.4. The van der Waals surface area contributed by atoms with Crippen molar-refractivity contribution in [3.8, 4) is 24.3 Å². The summed E-state index contributed by atoms with van der Waals surface area (Å²) < 4.78 is 0. The van der Waals surface area contributed by atoms with E-state index in [1.165, 1.54) is 83.7 Å². The van der Waals surface area contributed by atoms with Gasteiger partial charge in [0.15, 0.2) is 0 Å². The van der Waals surface area contributed by atoms with Gasteiger partial charge in [0, 0.05) is 50.9 Å². The zero-order valence-electron chi connectivity index (χ0n) is 59.6. The van der Waals surface area contributed by atoms with E-state index < -0.39 is 0 Å². The summed E-state index contributed by atoms with van der Waals surface area (Å²) in [6, 6.07) is 39.0. The van der Waals surface area contributed by atoms with Crippen LogP contribution >= 0.6 is 0 Å². The molecule has 0 bridgehead atoms. The first kappa shape index (κ1) is 69.4. The normalized spacial score (nSPS) is 15.8. The van der Waals surface area contributed by atoms with Gasteiger partial charge in [-0.25, -0.2) is 19.4 Å². The quantitative estimate of drug-likeness (QED) is 0.155. The average Bonchev–Trinajstić information content (AvgIpc) is 1.64. The standard InChI is InChI=1S/C21H22N4.3C20H20N4/c1-12-10-20(15(4)14(3)13(12)2)25-16(5)24(7)21-17(11-22)18(23-6)8-9-19(21)25;1-12-9-13(2)14(3)19(10-12)24-15(4)23(6)20-16(11-21)17(22-5)7-8-18(20)24;1-12-9-13(2)19(14(3)10-12)24-15(4)23(6)20-16(11-21)17(22-5)7-8-18(20)24;1-12-7-8-13(2)19(14(12)3)24-15(4)23(6)20-16(11-21)17(22-5)9-10-18(20)24/h8-10,16H,1-5,7H3;3*7-10,15H,1-4,6H3/t16-;3*15-/m0000/s1. The van der Waals surface area contributed by atoms with E-state index in [1.807, 2.05) is 52.5 Å². The van der Waals surface area contributed by atoms with Gasteiger partial charge in [-0.3, -0.25) is 0 Å². The van der Waals surface area contributed by atoms with Crippen molar-refractivity contribution in [2.24, 2.45) is 0 Å². The number of anilines is 12. The Morgan fingerprint density at radius 3 is 0.948 bits per heavy atom. The molecule has 0 unspecified atom stereocenters. The smallest absolute Gasteiger partial charge is 0.206 e. The van der Waals surface area contributed by atoms with Crippen LogP contribution < -0.4 is 39.2 Å². The van der Waals surface area contributed by atoms with Crippen molar-refractivity contribution in [3.63, 3.8) is 0 Å². The van der Waals surface area contributed by atoms with E-state index in [0.29, 0.717) is 45.0 Å².